The van der Waals surface area contributed by atoms with Crippen LogP contribution in [0.1, 0.15) is 245 Å². The quantitative estimate of drug-likeness (QED) is 0.0262. The topological polar surface area (TPSA) is 78.9 Å². The third kappa shape index (κ3) is 54.7. The zero-order chi connectivity index (χ0) is 50.7. The summed E-state index contributed by atoms with van der Waals surface area (Å²) in [5, 5.41) is 0. The maximum atomic E-state index is 12.8. The molecule has 0 radical (unpaired) electrons. The Morgan fingerprint density at radius 3 is 0.943 bits per heavy atom. The van der Waals surface area contributed by atoms with Gasteiger partial charge in [-0.1, -0.05) is 219 Å². The van der Waals surface area contributed by atoms with Crippen molar-refractivity contribution in [3.8, 4) is 0 Å². The summed E-state index contributed by atoms with van der Waals surface area (Å²) in [7, 11) is 0. The molecule has 396 valence electrons. The zero-order valence-corrected chi connectivity index (χ0v) is 45.2. The minimum absolute atomic E-state index is 0.102. The van der Waals surface area contributed by atoms with Crippen LogP contribution in [-0.2, 0) is 28.6 Å². The van der Waals surface area contributed by atoms with Crippen LogP contribution in [0.5, 0.6) is 0 Å². The van der Waals surface area contributed by atoms with Gasteiger partial charge in [0.05, 0.1) is 0 Å². The van der Waals surface area contributed by atoms with Crippen LogP contribution >= 0.6 is 0 Å². The molecule has 6 heteroatoms. The molecule has 1 atom stereocenters. The Kier molecular flexibility index (Phi) is 54.0. The summed E-state index contributed by atoms with van der Waals surface area (Å²) in [4.78, 5) is 38.1. The summed E-state index contributed by atoms with van der Waals surface area (Å²) in [5.41, 5.74) is 0. The number of unbranched alkanes of at least 4 members (excludes halogenated alkanes) is 19. The van der Waals surface area contributed by atoms with Crippen LogP contribution in [0.4, 0.5) is 0 Å². The molecule has 0 aromatic heterocycles. The van der Waals surface area contributed by atoms with Gasteiger partial charge in [0, 0.05) is 19.3 Å². The van der Waals surface area contributed by atoms with Crippen molar-refractivity contribution >= 4 is 17.9 Å². The molecule has 0 aliphatic carbocycles. The van der Waals surface area contributed by atoms with Gasteiger partial charge in [0.2, 0.25) is 0 Å². The smallest absolute Gasteiger partial charge is 0.306 e. The Morgan fingerprint density at radius 2 is 0.571 bits per heavy atom. The Labute approximate surface area is 431 Å². The highest BCUT2D eigenvalue weighted by Crippen LogP contribution is 2.13. The van der Waals surface area contributed by atoms with Gasteiger partial charge in [-0.05, 0) is 128 Å². The lowest BCUT2D eigenvalue weighted by molar-refractivity contribution is -0.167. The third-order valence-corrected chi connectivity index (χ3v) is 11.7. The third-order valence-electron chi connectivity index (χ3n) is 11.7. The second kappa shape index (κ2) is 57.4. The van der Waals surface area contributed by atoms with Crippen molar-refractivity contribution in [3.05, 3.63) is 122 Å². The fraction of sp³-hybridized carbons (Fsp3) is 0.641. The molecule has 0 heterocycles. The molecule has 0 aliphatic rings. The molecule has 0 N–H and O–H groups in total. The molecule has 6 nitrogen and oxygen atoms in total. The summed E-state index contributed by atoms with van der Waals surface area (Å²) in [6.07, 6.45) is 79.0. The Morgan fingerprint density at radius 1 is 0.300 bits per heavy atom. The van der Waals surface area contributed by atoms with Crippen molar-refractivity contribution in [2.75, 3.05) is 13.2 Å². The lowest BCUT2D eigenvalue weighted by Crippen LogP contribution is -2.30. The molecule has 0 bridgehead atoms. The van der Waals surface area contributed by atoms with Crippen molar-refractivity contribution in [1.29, 1.82) is 0 Å². The van der Waals surface area contributed by atoms with E-state index in [1.54, 1.807) is 0 Å². The number of hydrogen-bond acceptors (Lipinski definition) is 6. The van der Waals surface area contributed by atoms with Crippen LogP contribution in [0.15, 0.2) is 122 Å². The molecule has 0 aliphatic heterocycles. The van der Waals surface area contributed by atoms with E-state index < -0.39 is 6.10 Å². The van der Waals surface area contributed by atoms with E-state index in [2.05, 4.69) is 142 Å². The summed E-state index contributed by atoms with van der Waals surface area (Å²) in [6, 6.07) is 0. The number of allylic oxidation sites excluding steroid dienone is 20. The fourth-order valence-electron chi connectivity index (χ4n) is 7.37. The molecule has 70 heavy (non-hydrogen) atoms. The van der Waals surface area contributed by atoms with E-state index in [1.807, 2.05) is 0 Å². The lowest BCUT2D eigenvalue weighted by Gasteiger charge is -2.18. The van der Waals surface area contributed by atoms with Crippen molar-refractivity contribution in [3.63, 3.8) is 0 Å². The zero-order valence-electron chi connectivity index (χ0n) is 45.2. The molecule has 0 aromatic rings. The SMILES string of the molecule is CC/C=C\C/C=C\C/C=C\C/C=C\C/C=C\C/C=C\C/C=C\CCCCCC(=O)OCC(COC(=O)CCCCCCC/C=C\CCCCCC)OC(=O)CCCCCCC/C=C\C/C=C\CCCC. The minimum Gasteiger partial charge on any atom is -0.462 e. The van der Waals surface area contributed by atoms with E-state index in [1.165, 1.54) is 57.8 Å². The highest BCUT2D eigenvalue weighted by Gasteiger charge is 2.19. The molecule has 0 saturated heterocycles. The van der Waals surface area contributed by atoms with Crippen LogP contribution in [0.3, 0.4) is 0 Å². The van der Waals surface area contributed by atoms with Crippen LogP contribution in [0.2, 0.25) is 0 Å². The van der Waals surface area contributed by atoms with Gasteiger partial charge in [0.15, 0.2) is 6.10 Å². The molecule has 0 aromatic carbocycles. The van der Waals surface area contributed by atoms with E-state index in [4.69, 9.17) is 14.2 Å². The predicted octanol–water partition coefficient (Wildman–Crippen LogP) is 19.3. The summed E-state index contributed by atoms with van der Waals surface area (Å²) in [5.74, 6) is -0.961. The van der Waals surface area contributed by atoms with Gasteiger partial charge in [-0.2, -0.15) is 0 Å². The van der Waals surface area contributed by atoms with E-state index >= 15 is 0 Å². The highest BCUT2D eigenvalue weighted by atomic mass is 16.6. The first-order valence-electron chi connectivity index (χ1n) is 28.5. The van der Waals surface area contributed by atoms with Crippen LogP contribution in [-0.4, -0.2) is 37.2 Å². The van der Waals surface area contributed by atoms with Crippen molar-refractivity contribution in [2.24, 2.45) is 0 Å². The fourth-order valence-corrected chi connectivity index (χ4v) is 7.37. The first kappa shape index (κ1) is 65.8. The average molecular weight is 970 g/mol. The number of hydrogen-bond donors (Lipinski definition) is 0. The van der Waals surface area contributed by atoms with Crippen LogP contribution < -0.4 is 0 Å². The monoisotopic (exact) mass is 969 g/mol. The second-order valence-electron chi connectivity index (χ2n) is 18.5. The van der Waals surface area contributed by atoms with E-state index in [0.717, 1.165) is 148 Å². The summed E-state index contributed by atoms with van der Waals surface area (Å²) >= 11 is 0. The molecule has 0 rings (SSSR count). The van der Waals surface area contributed by atoms with Crippen LogP contribution in [0.25, 0.3) is 0 Å². The number of rotatable bonds is 50. The molecule has 0 spiro atoms. The van der Waals surface area contributed by atoms with Gasteiger partial charge in [0.1, 0.15) is 13.2 Å². The summed E-state index contributed by atoms with van der Waals surface area (Å²) in [6.45, 7) is 6.41. The standard InChI is InChI=1S/C64H104O6/c1-4-7-10-13-16-19-22-25-27-28-29-30-31-32-33-34-35-36-37-40-42-45-48-51-54-57-63(66)69-60-61(59-68-62(65)56-53-50-47-44-41-38-24-21-18-15-12-9-6-3)70-64(67)58-55-52-49-46-43-39-26-23-20-17-14-11-8-5-2/h7,10,14,16-17,19,21,23-27,29-30,32-33,35-36,40,42,61H,4-6,8-9,11-13,15,18,20,22,28,31,34,37-39,41,43-60H2,1-3H3/b10-7-,17-14-,19-16-,24-21-,26-23-,27-25-,30-29-,33-32-,36-35-,42-40-. The Bertz CT molecular complexity index is 1490. The van der Waals surface area contributed by atoms with Gasteiger partial charge in [-0.25, -0.2) is 0 Å². The number of esters is 3. The van der Waals surface area contributed by atoms with E-state index in [0.29, 0.717) is 19.3 Å². The van der Waals surface area contributed by atoms with Gasteiger partial charge < -0.3 is 14.2 Å². The minimum atomic E-state index is -0.806. The molecule has 0 amide bonds. The maximum absolute atomic E-state index is 12.8. The van der Waals surface area contributed by atoms with Gasteiger partial charge in [0.25, 0.3) is 0 Å². The Hall–Kier alpha value is -4.19. The predicted molar refractivity (Wildman–Crippen MR) is 302 cm³/mol. The maximum Gasteiger partial charge on any atom is 0.306 e. The number of ether oxygens (including phenoxy) is 3. The molecule has 0 fully saturated rings. The second-order valence-corrected chi connectivity index (χ2v) is 18.5. The van der Waals surface area contributed by atoms with Gasteiger partial charge in [-0.15, -0.1) is 0 Å². The Balaban J connectivity index is 4.44. The first-order valence-corrected chi connectivity index (χ1v) is 28.5. The van der Waals surface area contributed by atoms with Gasteiger partial charge in [-0.3, -0.25) is 14.4 Å². The van der Waals surface area contributed by atoms with Crippen molar-refractivity contribution in [2.45, 2.75) is 252 Å². The summed E-state index contributed by atoms with van der Waals surface area (Å²) < 4.78 is 16.8. The lowest BCUT2D eigenvalue weighted by atomic mass is 10.1. The number of carbonyl (C=O) groups excluding carboxylic acids is 3. The van der Waals surface area contributed by atoms with Crippen molar-refractivity contribution < 1.29 is 28.6 Å². The molecule has 0 saturated carbocycles. The van der Waals surface area contributed by atoms with E-state index in [9.17, 15) is 14.4 Å². The van der Waals surface area contributed by atoms with Crippen LogP contribution in [0, 0.1) is 0 Å². The average Bonchev–Trinajstić information content (AvgIpc) is 3.36. The van der Waals surface area contributed by atoms with Gasteiger partial charge >= 0.3 is 17.9 Å². The largest absolute Gasteiger partial charge is 0.462 e. The molecular weight excluding hydrogens is 865 g/mol. The highest BCUT2D eigenvalue weighted by molar-refractivity contribution is 5.71. The molecular formula is C64H104O6. The first-order chi connectivity index (χ1) is 34.5. The van der Waals surface area contributed by atoms with Crippen molar-refractivity contribution in [1.82, 2.24) is 0 Å². The van der Waals surface area contributed by atoms with E-state index in [-0.39, 0.29) is 31.1 Å². The number of carbonyl (C=O) groups is 3. The molecule has 1 unspecified atom stereocenters. The normalized spacial score (nSPS) is 13.0.